The third-order valence-corrected chi connectivity index (χ3v) is 2.66. The van der Waals surface area contributed by atoms with Gasteiger partial charge in [0.2, 0.25) is 0 Å². The topological polar surface area (TPSA) is 0 Å². The summed E-state index contributed by atoms with van der Waals surface area (Å²) >= 11 is 0. The zero-order valence-electron chi connectivity index (χ0n) is 9.65. The van der Waals surface area contributed by atoms with Crippen LogP contribution in [-0.2, 0) is 22.9 Å². The summed E-state index contributed by atoms with van der Waals surface area (Å²) in [6, 6.07) is 10.8. The van der Waals surface area contributed by atoms with Gasteiger partial charge < -0.3 is 0 Å². The molecule has 0 radical (unpaired) electrons. The van der Waals surface area contributed by atoms with Gasteiger partial charge in [-0.2, -0.15) is 0 Å². The van der Waals surface area contributed by atoms with Gasteiger partial charge in [-0.1, -0.05) is 69.4 Å². The first-order valence-corrected chi connectivity index (χ1v) is 5.97. The molecule has 0 atom stereocenters. The molecule has 0 N–H and O–H groups in total. The second-order valence-electron chi connectivity index (χ2n) is 4.00. The predicted molar refractivity (Wildman–Crippen MR) is 63.5 cm³/mol. The third kappa shape index (κ3) is 7.62. The fourth-order valence-corrected chi connectivity index (χ4v) is 1.75. The van der Waals surface area contributed by atoms with Crippen LogP contribution < -0.4 is 0 Å². The van der Waals surface area contributed by atoms with Gasteiger partial charge in [0, 0.05) is 16.5 Å². The van der Waals surface area contributed by atoms with Crippen LogP contribution in [0.2, 0.25) is 0 Å². The van der Waals surface area contributed by atoms with E-state index in [1.54, 1.807) is 0 Å². The molecule has 0 aliphatic carbocycles. The van der Waals surface area contributed by atoms with Crippen molar-refractivity contribution < 1.29 is 16.5 Å². The Kier molecular flexibility index (Phi) is 10.0. The smallest absolute Gasteiger partial charge is 0 e. The standard InChI is InChI=1S/C14H22.Ni/c1-2-3-4-5-6-8-11-14-12-9-7-10-13-14;/h7,9-10,12-13H,2-6,8,11H2,1H3;. The van der Waals surface area contributed by atoms with Crippen molar-refractivity contribution in [3.05, 3.63) is 35.9 Å². The molecule has 0 heterocycles. The molecule has 0 unspecified atom stereocenters. The Labute approximate surface area is 104 Å². The molecule has 88 valence electrons. The monoisotopic (exact) mass is 248 g/mol. The molecule has 0 nitrogen and oxygen atoms in total. The normalized spacial score (nSPS) is 9.67. The van der Waals surface area contributed by atoms with E-state index in [1.807, 2.05) is 0 Å². The van der Waals surface area contributed by atoms with Crippen molar-refractivity contribution in [1.82, 2.24) is 0 Å². The van der Waals surface area contributed by atoms with E-state index < -0.39 is 0 Å². The van der Waals surface area contributed by atoms with Crippen molar-refractivity contribution in [2.45, 2.75) is 51.9 Å². The molecule has 1 aromatic rings. The molecule has 0 saturated heterocycles. The molecule has 0 bridgehead atoms. The van der Waals surface area contributed by atoms with Gasteiger partial charge in [-0.25, -0.2) is 0 Å². The van der Waals surface area contributed by atoms with Crippen molar-refractivity contribution in [2.75, 3.05) is 0 Å². The molecule has 0 amide bonds. The first-order chi connectivity index (χ1) is 6.93. The summed E-state index contributed by atoms with van der Waals surface area (Å²) in [4.78, 5) is 0. The summed E-state index contributed by atoms with van der Waals surface area (Å²) in [6.07, 6.45) is 9.60. The molecule has 0 aromatic heterocycles. The van der Waals surface area contributed by atoms with Crippen molar-refractivity contribution >= 4 is 0 Å². The molecular formula is C14H22Ni. The van der Waals surface area contributed by atoms with Crippen LogP contribution in [0.4, 0.5) is 0 Å². The van der Waals surface area contributed by atoms with Crippen LogP contribution in [0.3, 0.4) is 0 Å². The summed E-state index contributed by atoms with van der Waals surface area (Å²) in [7, 11) is 0. The Bertz CT molecular complexity index is 218. The molecule has 0 aliphatic heterocycles. The Morgan fingerprint density at radius 1 is 0.800 bits per heavy atom. The van der Waals surface area contributed by atoms with E-state index in [1.165, 1.54) is 50.5 Å². The van der Waals surface area contributed by atoms with Crippen LogP contribution in [0, 0.1) is 0 Å². The molecule has 0 spiro atoms. The molecule has 1 rings (SSSR count). The Morgan fingerprint density at radius 3 is 2.07 bits per heavy atom. The second kappa shape index (κ2) is 10.2. The zero-order valence-corrected chi connectivity index (χ0v) is 10.6. The number of hydrogen-bond donors (Lipinski definition) is 0. The van der Waals surface area contributed by atoms with Crippen LogP contribution in [0.5, 0.6) is 0 Å². The molecule has 15 heavy (non-hydrogen) atoms. The van der Waals surface area contributed by atoms with E-state index in [4.69, 9.17) is 0 Å². The zero-order chi connectivity index (χ0) is 10.1. The predicted octanol–water partition coefficient (Wildman–Crippen LogP) is 4.59. The van der Waals surface area contributed by atoms with Crippen LogP contribution >= 0.6 is 0 Å². The Morgan fingerprint density at radius 2 is 1.40 bits per heavy atom. The molecule has 1 heteroatoms. The van der Waals surface area contributed by atoms with Gasteiger partial charge in [0.25, 0.3) is 0 Å². The average Bonchev–Trinajstić information content (AvgIpc) is 2.25. The van der Waals surface area contributed by atoms with Gasteiger partial charge in [0.1, 0.15) is 0 Å². The fourth-order valence-electron chi connectivity index (χ4n) is 1.75. The SMILES string of the molecule is CCCCCCCCc1ccccc1.[Ni]. The maximum atomic E-state index is 2.27. The van der Waals surface area contributed by atoms with E-state index >= 15 is 0 Å². The molecular weight excluding hydrogens is 227 g/mol. The maximum absolute atomic E-state index is 2.27. The number of benzene rings is 1. The molecule has 0 saturated carbocycles. The van der Waals surface area contributed by atoms with Crippen LogP contribution in [0.15, 0.2) is 30.3 Å². The number of aryl methyl sites for hydroxylation is 1. The van der Waals surface area contributed by atoms with Gasteiger partial charge in [0.05, 0.1) is 0 Å². The van der Waals surface area contributed by atoms with Crippen molar-refractivity contribution in [1.29, 1.82) is 0 Å². The van der Waals surface area contributed by atoms with Crippen LogP contribution in [0.1, 0.15) is 51.0 Å². The summed E-state index contributed by atoms with van der Waals surface area (Å²) in [5.41, 5.74) is 1.49. The number of rotatable bonds is 7. The summed E-state index contributed by atoms with van der Waals surface area (Å²) in [6.45, 7) is 2.27. The maximum Gasteiger partial charge on any atom is 0 e. The van der Waals surface area contributed by atoms with Crippen molar-refractivity contribution in [2.24, 2.45) is 0 Å². The molecule has 1 aromatic carbocycles. The van der Waals surface area contributed by atoms with Gasteiger partial charge in [-0.05, 0) is 18.4 Å². The Balaban J connectivity index is 0.00000196. The summed E-state index contributed by atoms with van der Waals surface area (Å²) < 4.78 is 0. The van der Waals surface area contributed by atoms with Crippen LogP contribution in [0.25, 0.3) is 0 Å². The van der Waals surface area contributed by atoms with E-state index in [0.29, 0.717) is 0 Å². The summed E-state index contributed by atoms with van der Waals surface area (Å²) in [5.74, 6) is 0. The van der Waals surface area contributed by atoms with Gasteiger partial charge in [-0.3, -0.25) is 0 Å². The average molecular weight is 249 g/mol. The first-order valence-electron chi connectivity index (χ1n) is 5.97. The van der Waals surface area contributed by atoms with E-state index in [-0.39, 0.29) is 16.5 Å². The van der Waals surface area contributed by atoms with E-state index in [9.17, 15) is 0 Å². The largest absolute Gasteiger partial charge is 0.0654 e. The van der Waals surface area contributed by atoms with Crippen molar-refractivity contribution in [3.63, 3.8) is 0 Å². The summed E-state index contributed by atoms with van der Waals surface area (Å²) in [5, 5.41) is 0. The van der Waals surface area contributed by atoms with Crippen LogP contribution in [-0.4, -0.2) is 0 Å². The van der Waals surface area contributed by atoms with Crippen molar-refractivity contribution in [3.8, 4) is 0 Å². The fraction of sp³-hybridized carbons (Fsp3) is 0.571. The van der Waals surface area contributed by atoms with Gasteiger partial charge in [0.15, 0.2) is 0 Å². The number of unbranched alkanes of at least 4 members (excludes halogenated alkanes) is 5. The molecule has 0 aliphatic rings. The van der Waals surface area contributed by atoms with Gasteiger partial charge >= 0.3 is 0 Å². The minimum atomic E-state index is 0. The van der Waals surface area contributed by atoms with Gasteiger partial charge in [-0.15, -0.1) is 0 Å². The number of hydrogen-bond acceptors (Lipinski definition) is 0. The second-order valence-corrected chi connectivity index (χ2v) is 4.00. The Hall–Kier alpha value is -0.286. The first kappa shape index (κ1) is 14.7. The minimum Gasteiger partial charge on any atom is -0.0654 e. The molecule has 0 fully saturated rings. The minimum absolute atomic E-state index is 0. The third-order valence-electron chi connectivity index (χ3n) is 2.66. The van der Waals surface area contributed by atoms with E-state index in [0.717, 1.165) is 0 Å². The quantitative estimate of drug-likeness (QED) is 0.489. The van der Waals surface area contributed by atoms with E-state index in [2.05, 4.69) is 37.3 Å².